The topological polar surface area (TPSA) is 53.0 Å². The molecular formula is C13H18N2O3. The molecule has 0 aromatic heterocycles. The van der Waals surface area contributed by atoms with Crippen LogP contribution in [-0.2, 0) is 0 Å². The molecule has 18 heavy (non-hydrogen) atoms. The van der Waals surface area contributed by atoms with E-state index in [4.69, 9.17) is 4.74 Å². The van der Waals surface area contributed by atoms with Crippen LogP contribution in [0.3, 0.4) is 0 Å². The van der Waals surface area contributed by atoms with Crippen molar-refractivity contribution in [1.82, 2.24) is 9.80 Å². The zero-order valence-electron chi connectivity index (χ0n) is 10.7. The number of nitrogens with zero attached hydrogens (tertiary/aromatic N) is 2. The summed E-state index contributed by atoms with van der Waals surface area (Å²) >= 11 is 0. The highest BCUT2D eigenvalue weighted by atomic mass is 16.5. The molecule has 1 aliphatic heterocycles. The second kappa shape index (κ2) is 5.27. The van der Waals surface area contributed by atoms with Crippen LogP contribution >= 0.6 is 0 Å². The van der Waals surface area contributed by atoms with Gasteiger partial charge >= 0.3 is 0 Å². The van der Waals surface area contributed by atoms with Crippen molar-refractivity contribution in [3.8, 4) is 11.5 Å². The van der Waals surface area contributed by atoms with Crippen LogP contribution in [0.25, 0.3) is 0 Å². The van der Waals surface area contributed by atoms with Gasteiger partial charge in [0, 0.05) is 26.2 Å². The van der Waals surface area contributed by atoms with Crippen molar-refractivity contribution in [1.29, 1.82) is 0 Å². The average Bonchev–Trinajstić information content (AvgIpc) is 2.39. The molecule has 1 N–H and O–H groups in total. The quantitative estimate of drug-likeness (QED) is 0.843. The van der Waals surface area contributed by atoms with Gasteiger partial charge in [-0.15, -0.1) is 0 Å². The Hall–Kier alpha value is -1.75. The van der Waals surface area contributed by atoms with Crippen LogP contribution in [0.15, 0.2) is 18.2 Å². The van der Waals surface area contributed by atoms with E-state index in [1.165, 1.54) is 7.11 Å². The Kier molecular flexibility index (Phi) is 3.72. The third-order valence-electron chi connectivity index (χ3n) is 3.24. The first kappa shape index (κ1) is 12.7. The Morgan fingerprint density at radius 2 is 1.94 bits per heavy atom. The number of hydrogen-bond acceptors (Lipinski definition) is 4. The normalized spacial score (nSPS) is 16.7. The Morgan fingerprint density at radius 1 is 1.28 bits per heavy atom. The molecular weight excluding hydrogens is 232 g/mol. The van der Waals surface area contributed by atoms with Crippen molar-refractivity contribution < 1.29 is 14.6 Å². The van der Waals surface area contributed by atoms with Gasteiger partial charge in [-0.05, 0) is 19.2 Å². The number of ether oxygens (including phenoxy) is 1. The Balaban J connectivity index is 2.18. The van der Waals surface area contributed by atoms with E-state index in [-0.39, 0.29) is 11.7 Å². The zero-order chi connectivity index (χ0) is 13.1. The molecule has 0 bridgehead atoms. The summed E-state index contributed by atoms with van der Waals surface area (Å²) < 4.78 is 5.01. The number of likely N-dealkylation sites (N-methyl/N-ethyl adjacent to an activating group) is 1. The Bertz CT molecular complexity index is 440. The SMILES string of the molecule is COc1cccc(C(=O)N2CCN(C)CC2)c1O. The molecule has 1 saturated heterocycles. The molecule has 0 atom stereocenters. The molecule has 1 heterocycles. The number of methoxy groups -OCH3 is 1. The number of hydrogen-bond donors (Lipinski definition) is 1. The summed E-state index contributed by atoms with van der Waals surface area (Å²) in [5, 5.41) is 9.96. The van der Waals surface area contributed by atoms with Crippen LogP contribution < -0.4 is 4.74 Å². The molecule has 0 aliphatic carbocycles. The number of carbonyl (C=O) groups is 1. The summed E-state index contributed by atoms with van der Waals surface area (Å²) in [6.45, 7) is 3.09. The van der Waals surface area contributed by atoms with Crippen molar-refractivity contribution in [3.63, 3.8) is 0 Å². The summed E-state index contributed by atoms with van der Waals surface area (Å²) in [5.74, 6) is 0.110. The van der Waals surface area contributed by atoms with E-state index >= 15 is 0 Å². The van der Waals surface area contributed by atoms with Gasteiger partial charge in [-0.1, -0.05) is 6.07 Å². The molecule has 1 aromatic rings. The second-order valence-electron chi connectivity index (χ2n) is 4.45. The lowest BCUT2D eigenvalue weighted by Crippen LogP contribution is -2.47. The lowest BCUT2D eigenvalue weighted by Gasteiger charge is -2.32. The van der Waals surface area contributed by atoms with Gasteiger partial charge in [0.1, 0.15) is 0 Å². The summed E-state index contributed by atoms with van der Waals surface area (Å²) in [6, 6.07) is 4.97. The first-order chi connectivity index (χ1) is 8.63. The number of amides is 1. The molecule has 1 fully saturated rings. The van der Waals surface area contributed by atoms with E-state index in [0.29, 0.717) is 24.4 Å². The number of para-hydroxylation sites is 1. The second-order valence-corrected chi connectivity index (χ2v) is 4.45. The van der Waals surface area contributed by atoms with Gasteiger partial charge in [0.2, 0.25) is 0 Å². The van der Waals surface area contributed by atoms with Gasteiger partial charge in [-0.2, -0.15) is 0 Å². The van der Waals surface area contributed by atoms with Crippen molar-refractivity contribution in [3.05, 3.63) is 23.8 Å². The van der Waals surface area contributed by atoms with Gasteiger partial charge in [0.15, 0.2) is 11.5 Å². The highest BCUT2D eigenvalue weighted by Gasteiger charge is 2.23. The van der Waals surface area contributed by atoms with E-state index in [1.807, 2.05) is 7.05 Å². The lowest BCUT2D eigenvalue weighted by molar-refractivity contribution is 0.0660. The number of piperazine rings is 1. The van der Waals surface area contributed by atoms with Gasteiger partial charge < -0.3 is 19.6 Å². The predicted octanol–water partition coefficient (Wildman–Crippen LogP) is 0.788. The zero-order valence-corrected chi connectivity index (χ0v) is 10.7. The highest BCUT2D eigenvalue weighted by molar-refractivity contribution is 5.97. The minimum absolute atomic E-state index is 0.0797. The molecule has 5 nitrogen and oxygen atoms in total. The first-order valence-electron chi connectivity index (χ1n) is 5.97. The van der Waals surface area contributed by atoms with Crippen LogP contribution in [0.1, 0.15) is 10.4 Å². The molecule has 1 aromatic carbocycles. The minimum atomic E-state index is -0.139. The molecule has 0 unspecified atom stereocenters. The molecule has 0 radical (unpaired) electrons. The van der Waals surface area contributed by atoms with E-state index in [1.54, 1.807) is 23.1 Å². The number of phenolic OH excluding ortho intramolecular Hbond substituents is 1. The largest absolute Gasteiger partial charge is 0.504 e. The standard InChI is InChI=1S/C13H18N2O3/c1-14-6-8-15(9-7-14)13(17)10-4-3-5-11(18-2)12(10)16/h3-5,16H,6-9H2,1-2H3. The third kappa shape index (κ3) is 2.41. The maximum atomic E-state index is 12.3. The Morgan fingerprint density at radius 3 is 2.56 bits per heavy atom. The maximum Gasteiger partial charge on any atom is 0.257 e. The lowest BCUT2D eigenvalue weighted by atomic mass is 10.1. The average molecular weight is 250 g/mol. The van der Waals surface area contributed by atoms with Gasteiger partial charge in [-0.3, -0.25) is 4.79 Å². The summed E-state index contributed by atoms with van der Waals surface area (Å²) in [7, 11) is 3.50. The molecule has 98 valence electrons. The summed E-state index contributed by atoms with van der Waals surface area (Å²) in [6.07, 6.45) is 0. The fourth-order valence-corrected chi connectivity index (χ4v) is 2.04. The van der Waals surface area contributed by atoms with Crippen LogP contribution in [0.5, 0.6) is 11.5 Å². The number of phenols is 1. The van der Waals surface area contributed by atoms with Gasteiger partial charge in [0.25, 0.3) is 5.91 Å². The van der Waals surface area contributed by atoms with Crippen molar-refractivity contribution >= 4 is 5.91 Å². The van der Waals surface area contributed by atoms with Crippen LogP contribution in [0.4, 0.5) is 0 Å². The fraction of sp³-hybridized carbons (Fsp3) is 0.462. The van der Waals surface area contributed by atoms with Crippen molar-refractivity contribution in [2.24, 2.45) is 0 Å². The molecule has 0 spiro atoms. The molecule has 0 saturated carbocycles. The first-order valence-corrected chi connectivity index (χ1v) is 5.97. The third-order valence-corrected chi connectivity index (χ3v) is 3.24. The van der Waals surface area contributed by atoms with Crippen molar-refractivity contribution in [2.75, 3.05) is 40.3 Å². The molecule has 1 aliphatic rings. The monoisotopic (exact) mass is 250 g/mol. The highest BCUT2D eigenvalue weighted by Crippen LogP contribution is 2.30. The van der Waals surface area contributed by atoms with Crippen LogP contribution in [0, 0.1) is 0 Å². The van der Waals surface area contributed by atoms with Gasteiger partial charge in [-0.25, -0.2) is 0 Å². The summed E-state index contributed by atoms with van der Waals surface area (Å²) in [5.41, 5.74) is 0.305. The van der Waals surface area contributed by atoms with Gasteiger partial charge in [0.05, 0.1) is 12.7 Å². The van der Waals surface area contributed by atoms with E-state index < -0.39 is 0 Å². The van der Waals surface area contributed by atoms with Crippen molar-refractivity contribution in [2.45, 2.75) is 0 Å². The van der Waals surface area contributed by atoms with E-state index in [0.717, 1.165) is 13.1 Å². The number of rotatable bonds is 2. The predicted molar refractivity (Wildman–Crippen MR) is 68.1 cm³/mol. The smallest absolute Gasteiger partial charge is 0.257 e. The van der Waals surface area contributed by atoms with Crippen LogP contribution in [0.2, 0.25) is 0 Å². The number of aromatic hydroxyl groups is 1. The number of benzene rings is 1. The molecule has 2 rings (SSSR count). The van der Waals surface area contributed by atoms with E-state index in [2.05, 4.69) is 4.90 Å². The fourth-order valence-electron chi connectivity index (χ4n) is 2.04. The summed E-state index contributed by atoms with van der Waals surface area (Å²) in [4.78, 5) is 16.2. The Labute approximate surface area is 107 Å². The van der Waals surface area contributed by atoms with E-state index in [9.17, 15) is 9.90 Å². The number of carbonyl (C=O) groups excluding carboxylic acids is 1. The minimum Gasteiger partial charge on any atom is -0.504 e. The maximum absolute atomic E-state index is 12.3. The molecule has 5 heteroatoms. The molecule has 1 amide bonds. The van der Waals surface area contributed by atoms with Crippen LogP contribution in [-0.4, -0.2) is 61.2 Å².